The van der Waals surface area contributed by atoms with Crippen molar-refractivity contribution in [2.45, 2.75) is 52.2 Å². The molecule has 0 aromatic carbocycles. The lowest BCUT2D eigenvalue weighted by Crippen LogP contribution is -2.55. The molecule has 2 N–H and O–H groups in total. The van der Waals surface area contributed by atoms with E-state index in [1.165, 1.54) is 0 Å². The highest BCUT2D eigenvalue weighted by Crippen LogP contribution is 2.31. The van der Waals surface area contributed by atoms with Crippen molar-refractivity contribution < 1.29 is 9.90 Å². The molecule has 0 radical (unpaired) electrons. The fraction of sp³-hybridized carbons (Fsp3) is 0.900. The molecule has 1 aliphatic rings. The van der Waals surface area contributed by atoms with Crippen molar-refractivity contribution in [3.8, 4) is 0 Å². The number of carbonyl (C=O) groups excluding carboxylic acids is 1. The molecule has 1 amide bonds. The van der Waals surface area contributed by atoms with E-state index in [-0.39, 0.29) is 17.4 Å². The summed E-state index contributed by atoms with van der Waals surface area (Å²) in [6, 6.07) is 0.168. The Labute approximate surface area is 79.5 Å². The Balaban J connectivity index is 2.33. The van der Waals surface area contributed by atoms with E-state index in [0.717, 1.165) is 0 Å². The zero-order valence-electron chi connectivity index (χ0n) is 8.85. The molecule has 0 saturated heterocycles. The second-order valence-electron chi connectivity index (χ2n) is 5.33. The third-order valence-electron chi connectivity index (χ3n) is 2.39. The number of nitrogens with one attached hydrogen (secondary N) is 1. The predicted octanol–water partition coefficient (Wildman–Crippen LogP) is 1.06. The normalized spacial score (nSPS) is 33.8. The quantitative estimate of drug-likeness (QED) is 0.642. The van der Waals surface area contributed by atoms with Gasteiger partial charge in [0.15, 0.2) is 0 Å². The maximum absolute atomic E-state index is 11.5. The molecular weight excluding hydrogens is 166 g/mol. The van der Waals surface area contributed by atoms with E-state index in [0.29, 0.717) is 12.8 Å². The number of hydrogen-bond acceptors (Lipinski definition) is 2. The highest BCUT2D eigenvalue weighted by Gasteiger charge is 2.40. The van der Waals surface area contributed by atoms with Crippen molar-refractivity contribution in [3.63, 3.8) is 0 Å². The molecule has 1 aliphatic carbocycles. The maximum Gasteiger partial charge on any atom is 0.225 e. The number of aliphatic hydroxyl groups is 1. The van der Waals surface area contributed by atoms with Crippen molar-refractivity contribution in [2.24, 2.45) is 5.41 Å². The van der Waals surface area contributed by atoms with Gasteiger partial charge < -0.3 is 10.4 Å². The fourth-order valence-corrected chi connectivity index (χ4v) is 1.51. The van der Waals surface area contributed by atoms with Crippen LogP contribution in [0.4, 0.5) is 0 Å². The Kier molecular flexibility index (Phi) is 2.41. The molecule has 0 aromatic heterocycles. The van der Waals surface area contributed by atoms with Crippen molar-refractivity contribution in [3.05, 3.63) is 0 Å². The van der Waals surface area contributed by atoms with E-state index in [2.05, 4.69) is 5.32 Å². The molecule has 3 heteroatoms. The number of amides is 1. The van der Waals surface area contributed by atoms with Crippen LogP contribution < -0.4 is 5.32 Å². The molecule has 1 rings (SSSR count). The first kappa shape index (κ1) is 10.5. The van der Waals surface area contributed by atoms with E-state index in [4.69, 9.17) is 0 Å². The summed E-state index contributed by atoms with van der Waals surface area (Å²) in [7, 11) is 0. The molecule has 13 heavy (non-hydrogen) atoms. The molecule has 0 bridgehead atoms. The number of carbonyl (C=O) groups is 1. The van der Waals surface area contributed by atoms with Crippen LogP contribution in [0.3, 0.4) is 0 Å². The van der Waals surface area contributed by atoms with E-state index >= 15 is 0 Å². The average Bonchev–Trinajstić information content (AvgIpc) is 1.80. The fourth-order valence-electron chi connectivity index (χ4n) is 1.51. The Morgan fingerprint density at radius 3 is 2.23 bits per heavy atom. The van der Waals surface area contributed by atoms with Crippen LogP contribution >= 0.6 is 0 Å². The molecule has 76 valence electrons. The van der Waals surface area contributed by atoms with Gasteiger partial charge in [0, 0.05) is 11.5 Å². The zero-order valence-corrected chi connectivity index (χ0v) is 8.85. The molecule has 0 unspecified atom stereocenters. The SMILES string of the molecule is CC1(O)CC(NC(=O)C(C)(C)C)C1. The topological polar surface area (TPSA) is 49.3 Å². The van der Waals surface area contributed by atoms with Crippen LogP contribution in [0, 0.1) is 5.41 Å². The van der Waals surface area contributed by atoms with Crippen LogP contribution in [0.2, 0.25) is 0 Å². The first-order valence-electron chi connectivity index (χ1n) is 4.74. The zero-order chi connectivity index (χ0) is 10.3. The van der Waals surface area contributed by atoms with Gasteiger partial charge in [0.25, 0.3) is 0 Å². The maximum atomic E-state index is 11.5. The number of hydrogen-bond donors (Lipinski definition) is 2. The number of rotatable bonds is 1. The summed E-state index contributed by atoms with van der Waals surface area (Å²) >= 11 is 0. The summed E-state index contributed by atoms with van der Waals surface area (Å²) in [5.74, 6) is 0.0630. The second-order valence-corrected chi connectivity index (χ2v) is 5.33. The van der Waals surface area contributed by atoms with Gasteiger partial charge in [0.05, 0.1) is 5.60 Å². The van der Waals surface area contributed by atoms with Crippen molar-refractivity contribution in [1.29, 1.82) is 0 Å². The van der Waals surface area contributed by atoms with Gasteiger partial charge in [0.2, 0.25) is 5.91 Å². The molecule has 0 spiro atoms. The molecule has 1 saturated carbocycles. The highest BCUT2D eigenvalue weighted by atomic mass is 16.3. The Morgan fingerprint density at radius 1 is 1.46 bits per heavy atom. The second kappa shape index (κ2) is 2.98. The van der Waals surface area contributed by atoms with Gasteiger partial charge in [-0.25, -0.2) is 0 Å². The Hall–Kier alpha value is -0.570. The van der Waals surface area contributed by atoms with Gasteiger partial charge in [-0.1, -0.05) is 20.8 Å². The summed E-state index contributed by atoms with van der Waals surface area (Å²) < 4.78 is 0. The molecule has 0 atom stereocenters. The molecular formula is C10H19NO2. The smallest absolute Gasteiger partial charge is 0.225 e. The van der Waals surface area contributed by atoms with Crippen LogP contribution in [0.1, 0.15) is 40.5 Å². The Bertz CT molecular complexity index is 207. The van der Waals surface area contributed by atoms with Gasteiger partial charge >= 0.3 is 0 Å². The molecule has 0 aromatic rings. The average molecular weight is 185 g/mol. The van der Waals surface area contributed by atoms with Crippen LogP contribution in [0.25, 0.3) is 0 Å². The standard InChI is InChI=1S/C10H19NO2/c1-9(2,3)8(12)11-7-5-10(4,13)6-7/h7,13H,5-6H2,1-4H3,(H,11,12). The molecule has 1 fully saturated rings. The minimum atomic E-state index is -0.560. The largest absolute Gasteiger partial charge is 0.390 e. The molecule has 0 heterocycles. The summed E-state index contributed by atoms with van der Waals surface area (Å²) in [6.45, 7) is 7.46. The first-order chi connectivity index (χ1) is 5.71. The van der Waals surface area contributed by atoms with Crippen LogP contribution in [-0.2, 0) is 4.79 Å². The van der Waals surface area contributed by atoms with E-state index in [1.54, 1.807) is 6.92 Å². The summed E-state index contributed by atoms with van der Waals surface area (Å²) in [6.07, 6.45) is 1.35. The summed E-state index contributed by atoms with van der Waals surface area (Å²) in [5, 5.41) is 12.4. The first-order valence-corrected chi connectivity index (χ1v) is 4.74. The van der Waals surface area contributed by atoms with Crippen LogP contribution in [0.5, 0.6) is 0 Å². The van der Waals surface area contributed by atoms with Gasteiger partial charge in [-0.15, -0.1) is 0 Å². The minimum Gasteiger partial charge on any atom is -0.390 e. The van der Waals surface area contributed by atoms with Gasteiger partial charge in [-0.3, -0.25) is 4.79 Å². The van der Waals surface area contributed by atoms with Gasteiger partial charge in [-0.05, 0) is 19.8 Å². The van der Waals surface area contributed by atoms with Crippen molar-refractivity contribution in [1.82, 2.24) is 5.32 Å². The predicted molar refractivity (Wildman–Crippen MR) is 51.2 cm³/mol. The molecule has 0 aliphatic heterocycles. The van der Waals surface area contributed by atoms with Crippen molar-refractivity contribution in [2.75, 3.05) is 0 Å². The van der Waals surface area contributed by atoms with Gasteiger partial charge in [-0.2, -0.15) is 0 Å². The van der Waals surface area contributed by atoms with Crippen LogP contribution in [0.15, 0.2) is 0 Å². The Morgan fingerprint density at radius 2 is 1.92 bits per heavy atom. The highest BCUT2D eigenvalue weighted by molar-refractivity contribution is 5.81. The van der Waals surface area contributed by atoms with Gasteiger partial charge in [0.1, 0.15) is 0 Å². The monoisotopic (exact) mass is 185 g/mol. The van der Waals surface area contributed by atoms with Crippen molar-refractivity contribution >= 4 is 5.91 Å². The summed E-state index contributed by atoms with van der Waals surface area (Å²) in [4.78, 5) is 11.5. The van der Waals surface area contributed by atoms with Crippen LogP contribution in [-0.4, -0.2) is 22.7 Å². The lowest BCUT2D eigenvalue weighted by atomic mass is 9.77. The third kappa shape index (κ3) is 2.69. The summed E-state index contributed by atoms with van der Waals surface area (Å²) in [5.41, 5.74) is -0.892. The van der Waals surface area contributed by atoms with E-state index in [9.17, 15) is 9.90 Å². The lowest BCUT2D eigenvalue weighted by Gasteiger charge is -2.42. The van der Waals surface area contributed by atoms with E-state index < -0.39 is 5.60 Å². The lowest BCUT2D eigenvalue weighted by molar-refractivity contribution is -0.132. The van der Waals surface area contributed by atoms with E-state index in [1.807, 2.05) is 20.8 Å². The minimum absolute atomic E-state index is 0.0630. The third-order valence-corrected chi connectivity index (χ3v) is 2.39. The molecule has 3 nitrogen and oxygen atoms in total.